The summed E-state index contributed by atoms with van der Waals surface area (Å²) in [4.78, 5) is 25.8. The smallest absolute Gasteiger partial charge is 0.256 e. The van der Waals surface area contributed by atoms with Gasteiger partial charge in [0.15, 0.2) is 0 Å². The summed E-state index contributed by atoms with van der Waals surface area (Å²) >= 11 is 0. The van der Waals surface area contributed by atoms with Gasteiger partial charge in [0.1, 0.15) is 5.82 Å². The summed E-state index contributed by atoms with van der Waals surface area (Å²) in [6.07, 6.45) is 5.62. The van der Waals surface area contributed by atoms with Gasteiger partial charge >= 0.3 is 0 Å². The zero-order valence-electron chi connectivity index (χ0n) is 14.1. The molecule has 3 atom stereocenters. The van der Waals surface area contributed by atoms with Crippen molar-refractivity contribution in [3.8, 4) is 0 Å². The average molecular weight is 333 g/mol. The zero-order chi connectivity index (χ0) is 17.3. The zero-order valence-corrected chi connectivity index (χ0v) is 14.1. The van der Waals surface area contributed by atoms with Crippen LogP contribution in [0.3, 0.4) is 0 Å². The van der Waals surface area contributed by atoms with Gasteiger partial charge in [0, 0.05) is 25.8 Å². The number of halogens is 1. The third kappa shape index (κ3) is 3.43. The summed E-state index contributed by atoms with van der Waals surface area (Å²) in [7, 11) is 3.13. The molecule has 0 aromatic heterocycles. The normalized spacial score (nSPS) is 25.9. The lowest BCUT2D eigenvalue weighted by molar-refractivity contribution is -0.117. The standard InChI is InChI=1S/C18H24FN3O2/c1-22(2)18(24)13-10-12(7-8-14(13)19)20-17(23)16-9-11-5-3-4-6-15(11)21-16/h7-8,10-11,15-16,21H,3-6,9H2,1-2H3,(H,20,23)/t11-,15+,16+/m1/s1. The van der Waals surface area contributed by atoms with Crippen LogP contribution in [0.5, 0.6) is 0 Å². The van der Waals surface area contributed by atoms with E-state index in [0.717, 1.165) is 12.8 Å². The van der Waals surface area contributed by atoms with Gasteiger partial charge in [-0.15, -0.1) is 0 Å². The quantitative estimate of drug-likeness (QED) is 0.893. The van der Waals surface area contributed by atoms with Gasteiger partial charge in [-0.05, 0) is 43.4 Å². The maximum atomic E-state index is 13.8. The van der Waals surface area contributed by atoms with Crippen molar-refractivity contribution in [3.05, 3.63) is 29.6 Å². The molecule has 2 fully saturated rings. The lowest BCUT2D eigenvalue weighted by atomic mass is 9.85. The number of carbonyl (C=O) groups is 2. The Morgan fingerprint density at radius 2 is 2.00 bits per heavy atom. The number of hydrogen-bond donors (Lipinski definition) is 2. The van der Waals surface area contributed by atoms with Gasteiger partial charge in [-0.2, -0.15) is 0 Å². The molecule has 0 spiro atoms. The van der Waals surface area contributed by atoms with Crippen LogP contribution in [0, 0.1) is 11.7 Å². The maximum Gasteiger partial charge on any atom is 0.256 e. The van der Waals surface area contributed by atoms with E-state index in [9.17, 15) is 14.0 Å². The molecule has 5 nitrogen and oxygen atoms in total. The number of benzene rings is 1. The number of carbonyl (C=O) groups excluding carboxylic acids is 2. The Morgan fingerprint density at radius 1 is 1.25 bits per heavy atom. The van der Waals surface area contributed by atoms with Crippen LogP contribution in [0.4, 0.5) is 10.1 Å². The lowest BCUT2D eigenvalue weighted by Crippen LogP contribution is -2.39. The van der Waals surface area contributed by atoms with Gasteiger partial charge in [0.2, 0.25) is 5.91 Å². The van der Waals surface area contributed by atoms with E-state index in [-0.39, 0.29) is 17.5 Å². The van der Waals surface area contributed by atoms with Gasteiger partial charge in [0.05, 0.1) is 11.6 Å². The molecule has 0 radical (unpaired) electrons. The first kappa shape index (κ1) is 16.9. The highest BCUT2D eigenvalue weighted by atomic mass is 19.1. The van der Waals surface area contributed by atoms with Gasteiger partial charge in [-0.25, -0.2) is 4.39 Å². The summed E-state index contributed by atoms with van der Waals surface area (Å²) in [6.45, 7) is 0. The topological polar surface area (TPSA) is 61.4 Å². The van der Waals surface area contributed by atoms with Crippen LogP contribution < -0.4 is 10.6 Å². The summed E-state index contributed by atoms with van der Waals surface area (Å²) in [6, 6.07) is 4.33. The first-order chi connectivity index (χ1) is 11.5. The molecule has 0 bridgehead atoms. The fourth-order valence-corrected chi connectivity index (χ4v) is 3.76. The molecule has 0 unspecified atom stereocenters. The number of hydrogen-bond acceptors (Lipinski definition) is 3. The largest absolute Gasteiger partial charge is 0.345 e. The van der Waals surface area contributed by atoms with Crippen molar-refractivity contribution in [3.63, 3.8) is 0 Å². The van der Waals surface area contributed by atoms with Crippen molar-refractivity contribution in [1.29, 1.82) is 0 Å². The molecule has 130 valence electrons. The van der Waals surface area contributed by atoms with Crippen molar-refractivity contribution in [2.75, 3.05) is 19.4 Å². The Hall–Kier alpha value is -1.95. The molecule has 1 aliphatic carbocycles. The number of nitrogens with one attached hydrogen (secondary N) is 2. The van der Waals surface area contributed by atoms with Crippen molar-refractivity contribution in [2.45, 2.75) is 44.2 Å². The second-order valence-corrected chi connectivity index (χ2v) is 6.99. The summed E-state index contributed by atoms with van der Waals surface area (Å²) in [5, 5.41) is 6.23. The highest BCUT2D eigenvalue weighted by molar-refractivity contribution is 5.98. The van der Waals surface area contributed by atoms with Gasteiger partial charge in [0.25, 0.3) is 5.91 Å². The van der Waals surface area contributed by atoms with Crippen molar-refractivity contribution in [1.82, 2.24) is 10.2 Å². The molecule has 1 aliphatic heterocycles. The van der Waals surface area contributed by atoms with E-state index >= 15 is 0 Å². The average Bonchev–Trinajstić information content (AvgIpc) is 3.00. The molecular formula is C18H24FN3O2. The number of rotatable bonds is 3. The molecule has 2 amide bonds. The lowest BCUT2D eigenvalue weighted by Gasteiger charge is -2.24. The molecule has 2 aliphatic rings. The molecule has 1 aromatic rings. The summed E-state index contributed by atoms with van der Waals surface area (Å²) < 4.78 is 13.8. The maximum absolute atomic E-state index is 13.8. The van der Waals surface area contributed by atoms with Crippen LogP contribution in [0.25, 0.3) is 0 Å². The van der Waals surface area contributed by atoms with Crippen molar-refractivity contribution in [2.24, 2.45) is 5.92 Å². The molecular weight excluding hydrogens is 309 g/mol. The molecule has 6 heteroatoms. The number of amides is 2. The molecule has 3 rings (SSSR count). The summed E-state index contributed by atoms with van der Waals surface area (Å²) in [5.41, 5.74) is 0.411. The number of fused-ring (bicyclic) bond motifs is 1. The fraction of sp³-hybridized carbons (Fsp3) is 0.556. The van der Waals surface area contributed by atoms with E-state index in [1.165, 1.54) is 42.4 Å². The van der Waals surface area contributed by atoms with Crippen molar-refractivity contribution >= 4 is 17.5 Å². The van der Waals surface area contributed by atoms with Gasteiger partial charge in [-0.1, -0.05) is 12.8 Å². The van der Waals surface area contributed by atoms with Crippen LogP contribution in [0.2, 0.25) is 0 Å². The molecule has 1 heterocycles. The van der Waals surface area contributed by atoms with E-state index in [1.54, 1.807) is 14.1 Å². The molecule has 24 heavy (non-hydrogen) atoms. The highest BCUT2D eigenvalue weighted by Gasteiger charge is 2.38. The monoisotopic (exact) mass is 333 g/mol. The van der Waals surface area contributed by atoms with Crippen LogP contribution in [-0.2, 0) is 4.79 Å². The van der Waals surface area contributed by atoms with Crippen molar-refractivity contribution < 1.29 is 14.0 Å². The SMILES string of the molecule is CN(C)C(=O)c1cc(NC(=O)[C@@H]2C[C@H]3CCCC[C@@H]3N2)ccc1F. The Kier molecular flexibility index (Phi) is 4.85. The first-order valence-electron chi connectivity index (χ1n) is 8.54. The van der Waals surface area contributed by atoms with Gasteiger partial charge < -0.3 is 15.5 Å². The van der Waals surface area contributed by atoms with E-state index < -0.39 is 11.7 Å². The number of anilines is 1. The van der Waals surface area contributed by atoms with E-state index in [4.69, 9.17) is 0 Å². The van der Waals surface area contributed by atoms with E-state index in [2.05, 4.69) is 10.6 Å². The predicted octanol–water partition coefficient (Wildman–Crippen LogP) is 2.39. The fourth-order valence-electron chi connectivity index (χ4n) is 3.76. The minimum Gasteiger partial charge on any atom is -0.345 e. The minimum atomic E-state index is -0.586. The van der Waals surface area contributed by atoms with Crippen LogP contribution >= 0.6 is 0 Å². The number of nitrogens with zero attached hydrogens (tertiary/aromatic N) is 1. The van der Waals surface area contributed by atoms with Crippen LogP contribution in [0.1, 0.15) is 42.5 Å². The Balaban J connectivity index is 1.68. The third-order valence-corrected chi connectivity index (χ3v) is 5.05. The molecule has 2 N–H and O–H groups in total. The minimum absolute atomic E-state index is 0.0362. The van der Waals surface area contributed by atoms with E-state index in [1.807, 2.05) is 0 Å². The Bertz CT molecular complexity index is 633. The molecule has 1 aromatic carbocycles. The van der Waals surface area contributed by atoms with Crippen LogP contribution in [-0.4, -0.2) is 42.9 Å². The highest BCUT2D eigenvalue weighted by Crippen LogP contribution is 2.33. The van der Waals surface area contributed by atoms with Crippen LogP contribution in [0.15, 0.2) is 18.2 Å². The third-order valence-electron chi connectivity index (χ3n) is 5.05. The first-order valence-corrected chi connectivity index (χ1v) is 8.54. The van der Waals surface area contributed by atoms with E-state index in [0.29, 0.717) is 17.6 Å². The molecule has 1 saturated heterocycles. The summed E-state index contributed by atoms with van der Waals surface area (Å²) in [5.74, 6) is -0.543. The predicted molar refractivity (Wildman–Crippen MR) is 90.3 cm³/mol. The second kappa shape index (κ2) is 6.89. The second-order valence-electron chi connectivity index (χ2n) is 6.99. The Labute approximate surface area is 141 Å². The van der Waals surface area contributed by atoms with Gasteiger partial charge in [-0.3, -0.25) is 9.59 Å². The molecule has 1 saturated carbocycles. The Morgan fingerprint density at radius 3 is 2.71 bits per heavy atom.